The van der Waals surface area contributed by atoms with Crippen molar-refractivity contribution >= 4 is 11.9 Å². The summed E-state index contributed by atoms with van der Waals surface area (Å²) in [6.45, 7) is -0.670. The summed E-state index contributed by atoms with van der Waals surface area (Å²) in [6.07, 6.45) is -2.41. The maximum atomic E-state index is 12.4. The van der Waals surface area contributed by atoms with E-state index in [9.17, 15) is 18.0 Å². The molecular formula is C21H26F3N5O2. The number of hydrogen-bond donors (Lipinski definition) is 2. The molecule has 1 aromatic heterocycles. The minimum atomic E-state index is -4.44. The van der Waals surface area contributed by atoms with E-state index in [0.717, 1.165) is 5.56 Å². The largest absolute Gasteiger partial charge is 0.468 e. The maximum absolute atomic E-state index is 12.4. The van der Waals surface area contributed by atoms with E-state index in [1.807, 2.05) is 18.2 Å². The van der Waals surface area contributed by atoms with Crippen LogP contribution in [0.5, 0.6) is 5.88 Å². The van der Waals surface area contributed by atoms with E-state index in [2.05, 4.69) is 20.6 Å². The number of carbonyl (C=O) groups excluding carboxylic acids is 1. The molecule has 10 heteroatoms. The third-order valence-corrected chi connectivity index (χ3v) is 4.18. The van der Waals surface area contributed by atoms with Gasteiger partial charge in [-0.1, -0.05) is 18.2 Å². The van der Waals surface area contributed by atoms with E-state index >= 15 is 0 Å². The van der Waals surface area contributed by atoms with E-state index in [4.69, 9.17) is 4.74 Å². The molecule has 0 unspecified atom stereocenters. The molecule has 2 N–H and O–H groups in total. The fourth-order valence-electron chi connectivity index (χ4n) is 2.68. The number of halogens is 3. The lowest BCUT2D eigenvalue weighted by Gasteiger charge is -2.15. The molecule has 0 fully saturated rings. The van der Waals surface area contributed by atoms with E-state index in [0.29, 0.717) is 30.1 Å². The fraction of sp³-hybridized carbons (Fsp3) is 0.381. The number of rotatable bonds is 8. The monoisotopic (exact) mass is 437 g/mol. The SMILES string of the molecule is CN=C(NCCc1cccc(C(=O)N(C)C)c1)NCc1cccnc1OCC(F)(F)F. The Labute approximate surface area is 179 Å². The number of nitrogens with zero attached hydrogens (tertiary/aromatic N) is 3. The molecule has 168 valence electrons. The van der Waals surface area contributed by atoms with Crippen LogP contribution >= 0.6 is 0 Å². The summed E-state index contributed by atoms with van der Waals surface area (Å²) >= 11 is 0. The summed E-state index contributed by atoms with van der Waals surface area (Å²) in [6, 6.07) is 10.6. The predicted molar refractivity (Wildman–Crippen MR) is 112 cm³/mol. The molecule has 0 aliphatic carbocycles. The Balaban J connectivity index is 1.88. The average molecular weight is 437 g/mol. The number of aromatic nitrogens is 1. The van der Waals surface area contributed by atoms with Crippen molar-refractivity contribution in [1.82, 2.24) is 20.5 Å². The zero-order chi connectivity index (χ0) is 22.9. The third kappa shape index (κ3) is 8.15. The van der Waals surface area contributed by atoms with E-state index in [-0.39, 0.29) is 18.3 Å². The Morgan fingerprint density at radius 1 is 1.19 bits per heavy atom. The van der Waals surface area contributed by atoms with Gasteiger partial charge in [0.05, 0.1) is 0 Å². The third-order valence-electron chi connectivity index (χ3n) is 4.18. The normalized spacial score (nSPS) is 11.7. The number of guanidine groups is 1. The van der Waals surface area contributed by atoms with Crippen molar-refractivity contribution in [2.75, 3.05) is 34.3 Å². The highest BCUT2D eigenvalue weighted by Gasteiger charge is 2.29. The quantitative estimate of drug-likeness (QED) is 0.490. The number of benzene rings is 1. The van der Waals surface area contributed by atoms with Crippen molar-refractivity contribution < 1.29 is 22.7 Å². The first kappa shape index (κ1) is 24.0. The molecule has 0 saturated heterocycles. The van der Waals surface area contributed by atoms with Crippen LogP contribution < -0.4 is 15.4 Å². The van der Waals surface area contributed by atoms with Gasteiger partial charge in [0.15, 0.2) is 12.6 Å². The number of hydrogen-bond acceptors (Lipinski definition) is 4. The molecule has 7 nitrogen and oxygen atoms in total. The topological polar surface area (TPSA) is 78.9 Å². The van der Waals surface area contributed by atoms with Crippen molar-refractivity contribution in [3.05, 3.63) is 59.3 Å². The van der Waals surface area contributed by atoms with E-state index in [1.54, 1.807) is 39.3 Å². The van der Waals surface area contributed by atoms with Crippen LogP contribution in [0.1, 0.15) is 21.5 Å². The number of amides is 1. The molecule has 0 atom stereocenters. The minimum absolute atomic E-state index is 0.0627. The lowest BCUT2D eigenvalue weighted by atomic mass is 10.1. The van der Waals surface area contributed by atoms with Gasteiger partial charge in [-0.15, -0.1) is 0 Å². The van der Waals surface area contributed by atoms with Crippen LogP contribution in [-0.2, 0) is 13.0 Å². The fourth-order valence-corrected chi connectivity index (χ4v) is 2.68. The molecule has 31 heavy (non-hydrogen) atoms. The lowest BCUT2D eigenvalue weighted by molar-refractivity contribution is -0.154. The van der Waals surface area contributed by atoms with Gasteiger partial charge in [-0.2, -0.15) is 13.2 Å². The summed E-state index contributed by atoms with van der Waals surface area (Å²) in [4.78, 5) is 21.6. The Kier molecular flexibility index (Phi) is 8.65. The molecule has 1 aromatic carbocycles. The van der Waals surface area contributed by atoms with Gasteiger partial charge in [-0.05, 0) is 30.2 Å². The van der Waals surface area contributed by atoms with Crippen molar-refractivity contribution in [1.29, 1.82) is 0 Å². The second-order valence-corrected chi connectivity index (χ2v) is 6.87. The summed E-state index contributed by atoms with van der Waals surface area (Å²) in [5.74, 6) is 0.337. The summed E-state index contributed by atoms with van der Waals surface area (Å²) < 4.78 is 42.0. The van der Waals surface area contributed by atoms with Gasteiger partial charge in [0, 0.05) is 51.6 Å². The Bertz CT molecular complexity index is 901. The van der Waals surface area contributed by atoms with Gasteiger partial charge in [-0.3, -0.25) is 9.79 Å². The van der Waals surface area contributed by atoms with Gasteiger partial charge in [0.25, 0.3) is 5.91 Å². The zero-order valence-corrected chi connectivity index (χ0v) is 17.7. The van der Waals surface area contributed by atoms with Crippen LogP contribution in [0.15, 0.2) is 47.6 Å². The van der Waals surface area contributed by atoms with Gasteiger partial charge >= 0.3 is 6.18 Å². The van der Waals surface area contributed by atoms with Crippen LogP contribution in [-0.4, -0.2) is 62.2 Å². The van der Waals surface area contributed by atoms with Crippen LogP contribution in [0.4, 0.5) is 13.2 Å². The molecule has 0 radical (unpaired) electrons. The number of pyridine rings is 1. The number of carbonyl (C=O) groups is 1. The summed E-state index contributed by atoms with van der Waals surface area (Å²) in [5.41, 5.74) is 2.09. The van der Waals surface area contributed by atoms with Gasteiger partial charge < -0.3 is 20.3 Å². The molecule has 0 aliphatic heterocycles. The Hall–Kier alpha value is -3.30. The molecule has 1 heterocycles. The molecule has 1 amide bonds. The number of ether oxygens (including phenoxy) is 1. The number of alkyl halides is 3. The highest BCUT2D eigenvalue weighted by Crippen LogP contribution is 2.19. The number of aliphatic imine (C=N–C) groups is 1. The van der Waals surface area contributed by atoms with E-state index in [1.165, 1.54) is 11.1 Å². The smallest absolute Gasteiger partial charge is 0.422 e. The summed E-state index contributed by atoms with van der Waals surface area (Å²) in [5, 5.41) is 6.17. The van der Waals surface area contributed by atoms with Crippen LogP contribution in [0.3, 0.4) is 0 Å². The molecule has 0 spiro atoms. The van der Waals surface area contributed by atoms with Crippen LogP contribution in [0.25, 0.3) is 0 Å². The second-order valence-electron chi connectivity index (χ2n) is 6.87. The predicted octanol–water partition coefficient (Wildman–Crippen LogP) is 2.63. The maximum Gasteiger partial charge on any atom is 0.422 e. The highest BCUT2D eigenvalue weighted by molar-refractivity contribution is 5.94. The van der Waals surface area contributed by atoms with Crippen LogP contribution in [0, 0.1) is 0 Å². The first-order valence-electron chi connectivity index (χ1n) is 9.58. The Morgan fingerprint density at radius 3 is 2.65 bits per heavy atom. The molecule has 0 saturated carbocycles. The summed E-state index contributed by atoms with van der Waals surface area (Å²) in [7, 11) is 5.00. The molecule has 0 aliphatic rings. The Morgan fingerprint density at radius 2 is 1.97 bits per heavy atom. The minimum Gasteiger partial charge on any atom is -0.468 e. The second kappa shape index (κ2) is 11.2. The molecular weight excluding hydrogens is 411 g/mol. The molecule has 0 bridgehead atoms. The van der Waals surface area contributed by atoms with Crippen molar-refractivity contribution in [2.24, 2.45) is 4.99 Å². The van der Waals surface area contributed by atoms with Crippen molar-refractivity contribution in [3.63, 3.8) is 0 Å². The first-order valence-corrected chi connectivity index (χ1v) is 9.58. The van der Waals surface area contributed by atoms with Crippen LogP contribution in [0.2, 0.25) is 0 Å². The number of nitrogens with one attached hydrogen (secondary N) is 2. The van der Waals surface area contributed by atoms with Crippen molar-refractivity contribution in [2.45, 2.75) is 19.1 Å². The van der Waals surface area contributed by atoms with Gasteiger partial charge in [-0.25, -0.2) is 4.98 Å². The standard InChI is InChI=1S/C21H26F3N5O2/c1-25-20(27-11-9-15-6-4-7-16(12-15)19(30)29(2)3)28-13-17-8-5-10-26-18(17)31-14-21(22,23)24/h4-8,10,12H,9,11,13-14H2,1-3H3,(H2,25,27,28). The molecule has 2 aromatic rings. The average Bonchev–Trinajstić information content (AvgIpc) is 2.74. The van der Waals surface area contributed by atoms with Gasteiger partial charge in [0.2, 0.25) is 5.88 Å². The van der Waals surface area contributed by atoms with Crippen molar-refractivity contribution in [3.8, 4) is 5.88 Å². The lowest BCUT2D eigenvalue weighted by Crippen LogP contribution is -2.38. The zero-order valence-electron chi connectivity index (χ0n) is 17.7. The molecule has 2 rings (SSSR count). The first-order chi connectivity index (χ1) is 14.7. The highest BCUT2D eigenvalue weighted by atomic mass is 19.4. The van der Waals surface area contributed by atoms with E-state index < -0.39 is 12.8 Å². The van der Waals surface area contributed by atoms with Gasteiger partial charge in [0.1, 0.15) is 0 Å².